The number of rotatable bonds is 6. The highest BCUT2D eigenvalue weighted by Crippen LogP contribution is 2.20. The zero-order chi connectivity index (χ0) is 18.8. The molecule has 0 bridgehead atoms. The fraction of sp³-hybridized carbons (Fsp3) is 0.833. The van der Waals surface area contributed by atoms with Crippen LogP contribution in [0.15, 0.2) is 0 Å². The molecule has 4 amide bonds. The summed E-state index contributed by atoms with van der Waals surface area (Å²) in [4.78, 5) is 40.4. The second kappa shape index (κ2) is 10.9. The number of urea groups is 1. The molecule has 1 aliphatic heterocycles. The molecule has 144 valence electrons. The van der Waals surface area contributed by atoms with Crippen molar-refractivity contribution in [1.82, 2.24) is 20.4 Å². The van der Waals surface area contributed by atoms with Crippen molar-refractivity contribution in [1.29, 1.82) is 0 Å². The average molecular weight is 354 g/mol. The molecule has 0 aromatic heterocycles. The van der Waals surface area contributed by atoms with Crippen LogP contribution in [0.3, 0.4) is 0 Å². The lowest BCUT2D eigenvalue weighted by atomic mass is 9.95. The Kier molecular flexibility index (Phi) is 9.31. The van der Waals surface area contributed by atoms with Crippen molar-refractivity contribution in [3.63, 3.8) is 0 Å². The number of nitrogens with zero attached hydrogens (tertiary/aromatic N) is 2. The van der Waals surface area contributed by atoms with E-state index < -0.39 is 0 Å². The summed E-state index contributed by atoms with van der Waals surface area (Å²) < 4.78 is 0. The van der Waals surface area contributed by atoms with Gasteiger partial charge in [-0.2, -0.15) is 0 Å². The topological polar surface area (TPSA) is 81.8 Å². The molecular weight excluding hydrogens is 320 g/mol. The molecule has 0 aliphatic carbocycles. The zero-order valence-corrected chi connectivity index (χ0v) is 16.1. The van der Waals surface area contributed by atoms with E-state index in [1.54, 1.807) is 16.8 Å². The van der Waals surface area contributed by atoms with Crippen LogP contribution in [0, 0.1) is 5.92 Å². The Hall–Kier alpha value is -1.79. The van der Waals surface area contributed by atoms with Gasteiger partial charge in [-0.05, 0) is 33.1 Å². The quantitative estimate of drug-likeness (QED) is 0.760. The zero-order valence-electron chi connectivity index (χ0n) is 16.1. The molecule has 0 radical (unpaired) electrons. The third-order valence-electron chi connectivity index (χ3n) is 4.74. The van der Waals surface area contributed by atoms with Crippen LogP contribution in [0.5, 0.6) is 0 Å². The first-order chi connectivity index (χ1) is 11.9. The lowest BCUT2D eigenvalue weighted by Gasteiger charge is -2.26. The monoisotopic (exact) mass is 354 g/mol. The predicted molar refractivity (Wildman–Crippen MR) is 98.1 cm³/mol. The van der Waals surface area contributed by atoms with Gasteiger partial charge in [0.05, 0.1) is 0 Å². The molecule has 25 heavy (non-hydrogen) atoms. The Morgan fingerprint density at radius 1 is 1.20 bits per heavy atom. The number of hydrogen-bond acceptors (Lipinski definition) is 3. The van der Waals surface area contributed by atoms with E-state index in [9.17, 15) is 14.4 Å². The maximum atomic E-state index is 12.6. The van der Waals surface area contributed by atoms with Gasteiger partial charge < -0.3 is 20.4 Å². The van der Waals surface area contributed by atoms with Crippen molar-refractivity contribution in [2.75, 3.05) is 33.2 Å². The summed E-state index contributed by atoms with van der Waals surface area (Å²) >= 11 is 0. The van der Waals surface area contributed by atoms with E-state index in [1.165, 1.54) is 0 Å². The maximum absolute atomic E-state index is 12.6. The van der Waals surface area contributed by atoms with Gasteiger partial charge in [-0.1, -0.05) is 13.3 Å². The fourth-order valence-corrected chi connectivity index (χ4v) is 3.20. The summed E-state index contributed by atoms with van der Waals surface area (Å²) in [6.45, 7) is 8.35. The molecule has 1 saturated heterocycles. The van der Waals surface area contributed by atoms with Gasteiger partial charge in [0.15, 0.2) is 0 Å². The lowest BCUT2D eigenvalue weighted by Crippen LogP contribution is -2.48. The third-order valence-corrected chi connectivity index (χ3v) is 4.74. The molecule has 1 fully saturated rings. The van der Waals surface area contributed by atoms with Crippen molar-refractivity contribution >= 4 is 17.8 Å². The lowest BCUT2D eigenvalue weighted by molar-refractivity contribution is -0.140. The smallest absolute Gasteiger partial charge is 0.315 e. The van der Waals surface area contributed by atoms with Gasteiger partial charge in [-0.3, -0.25) is 9.59 Å². The Labute approximate surface area is 151 Å². The molecular formula is C18H34N4O3. The highest BCUT2D eigenvalue weighted by atomic mass is 16.2. The van der Waals surface area contributed by atoms with Crippen LogP contribution in [0.25, 0.3) is 0 Å². The molecule has 2 N–H and O–H groups in total. The largest absolute Gasteiger partial charge is 0.344 e. The molecule has 7 heteroatoms. The van der Waals surface area contributed by atoms with E-state index in [4.69, 9.17) is 0 Å². The normalized spacial score (nSPS) is 21.8. The number of carbonyl (C=O) groups is 3. The maximum Gasteiger partial charge on any atom is 0.315 e. The van der Waals surface area contributed by atoms with Gasteiger partial charge >= 0.3 is 6.03 Å². The van der Waals surface area contributed by atoms with Gasteiger partial charge in [0.2, 0.25) is 11.8 Å². The Morgan fingerprint density at radius 3 is 2.48 bits per heavy atom. The Morgan fingerprint density at radius 2 is 1.88 bits per heavy atom. The minimum Gasteiger partial charge on any atom is -0.344 e. The second-order valence-electron chi connectivity index (χ2n) is 6.71. The standard InChI is InChI=1S/C18H34N4O3/c1-5-11-19-18(25)20-15-10-8-9-14(12-16(23)21(4)13-15)17(24)22(6-2)7-3/h14-15H,5-13H2,1-4H3,(H2,19,20,25)/t14-,15-/m1/s1. The van der Waals surface area contributed by atoms with Crippen LogP contribution in [-0.2, 0) is 9.59 Å². The minimum atomic E-state index is -0.262. The fourth-order valence-electron chi connectivity index (χ4n) is 3.20. The van der Waals surface area contributed by atoms with Gasteiger partial charge in [-0.25, -0.2) is 4.79 Å². The van der Waals surface area contributed by atoms with Crippen LogP contribution in [-0.4, -0.2) is 66.9 Å². The van der Waals surface area contributed by atoms with E-state index in [0.29, 0.717) is 32.6 Å². The van der Waals surface area contributed by atoms with Crippen molar-refractivity contribution in [3.8, 4) is 0 Å². The average Bonchev–Trinajstić information content (AvgIpc) is 2.65. The first kappa shape index (κ1) is 21.3. The molecule has 1 aliphatic rings. The number of likely N-dealkylation sites (N-methyl/N-ethyl adjacent to an activating group) is 1. The van der Waals surface area contributed by atoms with E-state index in [1.807, 2.05) is 20.8 Å². The summed E-state index contributed by atoms with van der Waals surface area (Å²) in [5.74, 6) is -0.227. The Bertz CT molecular complexity index is 452. The van der Waals surface area contributed by atoms with Crippen molar-refractivity contribution < 1.29 is 14.4 Å². The van der Waals surface area contributed by atoms with Crippen molar-refractivity contribution in [2.45, 2.75) is 58.9 Å². The summed E-state index contributed by atoms with van der Waals surface area (Å²) in [5.41, 5.74) is 0. The SMILES string of the molecule is CCCNC(=O)N[C@@H]1CCC[C@@H](C(=O)N(CC)CC)CC(=O)N(C)C1. The van der Waals surface area contributed by atoms with Crippen molar-refractivity contribution in [3.05, 3.63) is 0 Å². The first-order valence-corrected chi connectivity index (χ1v) is 9.49. The number of nitrogens with one attached hydrogen (secondary N) is 2. The molecule has 0 spiro atoms. The second-order valence-corrected chi connectivity index (χ2v) is 6.71. The molecule has 0 aromatic rings. The molecule has 0 saturated carbocycles. The van der Waals surface area contributed by atoms with E-state index in [2.05, 4.69) is 10.6 Å². The van der Waals surface area contributed by atoms with Gasteiger partial charge in [0.1, 0.15) is 0 Å². The molecule has 1 rings (SSSR count). The highest BCUT2D eigenvalue weighted by Gasteiger charge is 2.29. The van der Waals surface area contributed by atoms with Crippen LogP contribution in [0.4, 0.5) is 4.79 Å². The van der Waals surface area contributed by atoms with E-state index in [0.717, 1.165) is 19.3 Å². The van der Waals surface area contributed by atoms with Gasteiger partial charge in [-0.15, -0.1) is 0 Å². The molecule has 7 nitrogen and oxygen atoms in total. The number of amides is 4. The first-order valence-electron chi connectivity index (χ1n) is 9.49. The summed E-state index contributed by atoms with van der Waals surface area (Å²) in [7, 11) is 1.74. The van der Waals surface area contributed by atoms with E-state index >= 15 is 0 Å². The molecule has 0 unspecified atom stereocenters. The van der Waals surface area contributed by atoms with Crippen molar-refractivity contribution in [2.24, 2.45) is 5.92 Å². The number of hydrogen-bond donors (Lipinski definition) is 2. The summed E-state index contributed by atoms with van der Waals surface area (Å²) in [6.07, 6.45) is 3.40. The highest BCUT2D eigenvalue weighted by molar-refractivity contribution is 5.86. The molecule has 1 heterocycles. The van der Waals surface area contributed by atoms with Gasteiger partial charge in [0.25, 0.3) is 0 Å². The Balaban J connectivity index is 2.72. The summed E-state index contributed by atoms with van der Waals surface area (Å²) in [6, 6.07) is -0.282. The van der Waals surface area contributed by atoms with Crippen LogP contribution < -0.4 is 10.6 Å². The van der Waals surface area contributed by atoms with Crippen LogP contribution in [0.1, 0.15) is 52.9 Å². The minimum absolute atomic E-state index is 0.0341. The van der Waals surface area contributed by atoms with Crippen LogP contribution in [0.2, 0.25) is 0 Å². The predicted octanol–water partition coefficient (Wildman–Crippen LogP) is 1.58. The summed E-state index contributed by atoms with van der Waals surface area (Å²) in [5, 5.41) is 5.75. The molecule has 0 aromatic carbocycles. The van der Waals surface area contributed by atoms with E-state index in [-0.39, 0.29) is 36.2 Å². The van der Waals surface area contributed by atoms with Crippen LogP contribution >= 0.6 is 0 Å². The molecule has 2 atom stereocenters. The number of carbonyl (C=O) groups excluding carboxylic acids is 3. The third kappa shape index (κ3) is 6.92. The van der Waals surface area contributed by atoms with Gasteiger partial charge in [0, 0.05) is 51.6 Å².